The summed E-state index contributed by atoms with van der Waals surface area (Å²) < 4.78 is 29.9. The van der Waals surface area contributed by atoms with E-state index in [1.54, 1.807) is 0 Å². The van der Waals surface area contributed by atoms with E-state index in [4.69, 9.17) is 16.9 Å². The maximum Gasteiger partial charge on any atom is 0.271 e. The van der Waals surface area contributed by atoms with Gasteiger partial charge in [0.25, 0.3) is 11.7 Å². The van der Waals surface area contributed by atoms with Crippen molar-refractivity contribution in [3.8, 4) is 11.9 Å². The number of alkyl halides is 2. The van der Waals surface area contributed by atoms with E-state index in [2.05, 4.69) is 9.72 Å². The quantitative estimate of drug-likeness (QED) is 0.768. The first-order valence-electron chi connectivity index (χ1n) is 3.98. The number of nitrogens with zero attached hydrogens (tertiary/aromatic N) is 2. The Labute approximate surface area is 94.4 Å². The lowest BCUT2D eigenvalue weighted by molar-refractivity contribution is 0.105. The zero-order valence-electron chi connectivity index (χ0n) is 8.00. The standard InChI is InChI=1S/C9H5ClF2N2O2/c1-16-5-2-4(3-13)6(9(11)12)7(14-5)8(10)15/h2,9H,1H3. The summed E-state index contributed by atoms with van der Waals surface area (Å²) in [7, 11) is 1.23. The number of carbonyl (C=O) groups is 1. The van der Waals surface area contributed by atoms with Gasteiger partial charge in [0.05, 0.1) is 24.3 Å². The monoisotopic (exact) mass is 246 g/mol. The van der Waals surface area contributed by atoms with Gasteiger partial charge in [0.1, 0.15) is 5.69 Å². The highest BCUT2D eigenvalue weighted by Crippen LogP contribution is 2.28. The Hall–Kier alpha value is -1.74. The topological polar surface area (TPSA) is 63.0 Å². The van der Waals surface area contributed by atoms with Crippen molar-refractivity contribution in [1.29, 1.82) is 5.26 Å². The van der Waals surface area contributed by atoms with Crippen LogP contribution >= 0.6 is 11.6 Å². The van der Waals surface area contributed by atoms with Gasteiger partial charge in [-0.05, 0) is 11.6 Å². The van der Waals surface area contributed by atoms with E-state index in [0.29, 0.717) is 0 Å². The number of nitriles is 1. The molecule has 0 aromatic carbocycles. The molecule has 0 aliphatic rings. The van der Waals surface area contributed by atoms with E-state index in [1.807, 2.05) is 0 Å². The van der Waals surface area contributed by atoms with Crippen LogP contribution in [0.5, 0.6) is 5.88 Å². The van der Waals surface area contributed by atoms with Crippen molar-refractivity contribution in [3.63, 3.8) is 0 Å². The van der Waals surface area contributed by atoms with Crippen LogP contribution in [-0.4, -0.2) is 17.3 Å². The Kier molecular flexibility index (Phi) is 3.74. The molecule has 0 saturated carbocycles. The average Bonchev–Trinajstić information content (AvgIpc) is 2.26. The fourth-order valence-corrected chi connectivity index (χ4v) is 1.24. The van der Waals surface area contributed by atoms with Crippen LogP contribution < -0.4 is 4.74 Å². The number of ether oxygens (including phenoxy) is 1. The fourth-order valence-electron chi connectivity index (χ4n) is 1.10. The van der Waals surface area contributed by atoms with Gasteiger partial charge in [0, 0.05) is 6.07 Å². The van der Waals surface area contributed by atoms with Crippen molar-refractivity contribution < 1.29 is 18.3 Å². The largest absolute Gasteiger partial charge is 0.481 e. The SMILES string of the molecule is COc1cc(C#N)c(C(F)F)c(C(=O)Cl)n1. The Morgan fingerprint density at radius 3 is 2.69 bits per heavy atom. The zero-order chi connectivity index (χ0) is 12.3. The van der Waals surface area contributed by atoms with Crippen molar-refractivity contribution in [2.75, 3.05) is 7.11 Å². The first kappa shape index (κ1) is 12.3. The van der Waals surface area contributed by atoms with E-state index < -0.39 is 22.9 Å². The molecule has 0 amide bonds. The third-order valence-corrected chi connectivity index (χ3v) is 1.95. The predicted molar refractivity (Wildman–Crippen MR) is 50.6 cm³/mol. The average molecular weight is 247 g/mol. The number of hydrogen-bond donors (Lipinski definition) is 0. The summed E-state index contributed by atoms with van der Waals surface area (Å²) in [6.45, 7) is 0. The molecule has 0 unspecified atom stereocenters. The van der Waals surface area contributed by atoms with Gasteiger partial charge in [-0.3, -0.25) is 4.79 Å². The highest BCUT2D eigenvalue weighted by molar-refractivity contribution is 6.67. The maximum atomic E-state index is 12.6. The van der Waals surface area contributed by atoms with Gasteiger partial charge in [-0.15, -0.1) is 0 Å². The minimum absolute atomic E-state index is 0.120. The van der Waals surface area contributed by atoms with Gasteiger partial charge in [0.2, 0.25) is 5.88 Å². The summed E-state index contributed by atoms with van der Waals surface area (Å²) in [6.07, 6.45) is -3.01. The lowest BCUT2D eigenvalue weighted by atomic mass is 10.1. The number of pyridine rings is 1. The molecule has 1 heterocycles. The number of methoxy groups -OCH3 is 1. The van der Waals surface area contributed by atoms with Gasteiger partial charge in [-0.25, -0.2) is 13.8 Å². The summed E-state index contributed by atoms with van der Waals surface area (Å²) in [5.41, 5.74) is -1.82. The molecule has 0 saturated heterocycles. The minimum atomic E-state index is -3.01. The molecule has 0 bridgehead atoms. The molecule has 4 nitrogen and oxygen atoms in total. The summed E-state index contributed by atoms with van der Waals surface area (Å²) >= 11 is 5.11. The van der Waals surface area contributed by atoms with Crippen LogP contribution in [0.25, 0.3) is 0 Å². The fraction of sp³-hybridized carbons (Fsp3) is 0.222. The predicted octanol–water partition coefficient (Wildman–Crippen LogP) is 2.28. The summed E-state index contributed by atoms with van der Waals surface area (Å²) in [4.78, 5) is 14.4. The van der Waals surface area contributed by atoms with Crippen LogP contribution in [0.2, 0.25) is 0 Å². The molecule has 16 heavy (non-hydrogen) atoms. The second-order valence-electron chi connectivity index (χ2n) is 2.66. The molecule has 0 aliphatic carbocycles. The molecule has 0 atom stereocenters. The highest BCUT2D eigenvalue weighted by Gasteiger charge is 2.24. The molecule has 0 radical (unpaired) electrons. The third kappa shape index (κ3) is 2.25. The van der Waals surface area contributed by atoms with Gasteiger partial charge >= 0.3 is 0 Å². The molecule has 7 heteroatoms. The Morgan fingerprint density at radius 1 is 1.69 bits per heavy atom. The summed E-state index contributed by atoms with van der Waals surface area (Å²) in [6, 6.07) is 2.55. The van der Waals surface area contributed by atoms with E-state index in [-0.39, 0.29) is 11.4 Å². The molecule has 84 valence electrons. The molecule has 1 rings (SSSR count). The zero-order valence-corrected chi connectivity index (χ0v) is 8.76. The van der Waals surface area contributed by atoms with Gasteiger partial charge in [0.15, 0.2) is 0 Å². The van der Waals surface area contributed by atoms with E-state index in [0.717, 1.165) is 6.07 Å². The van der Waals surface area contributed by atoms with Crippen LogP contribution in [0.4, 0.5) is 8.78 Å². The van der Waals surface area contributed by atoms with Crippen LogP contribution in [-0.2, 0) is 0 Å². The Bertz CT molecular complexity index is 471. The lowest BCUT2D eigenvalue weighted by Crippen LogP contribution is -2.06. The Balaban J connectivity index is 3.55. The van der Waals surface area contributed by atoms with Crippen LogP contribution in [0.15, 0.2) is 6.07 Å². The van der Waals surface area contributed by atoms with E-state index in [9.17, 15) is 13.6 Å². The van der Waals surface area contributed by atoms with Gasteiger partial charge in [-0.2, -0.15) is 5.26 Å². The second-order valence-corrected chi connectivity index (χ2v) is 3.00. The first-order chi connectivity index (χ1) is 7.51. The number of rotatable bonds is 3. The van der Waals surface area contributed by atoms with Gasteiger partial charge < -0.3 is 4.74 Å². The molecule has 0 N–H and O–H groups in total. The summed E-state index contributed by atoms with van der Waals surface area (Å²) in [5.74, 6) is -0.120. The van der Waals surface area contributed by atoms with Crippen LogP contribution in [0.1, 0.15) is 28.0 Å². The highest BCUT2D eigenvalue weighted by atomic mass is 35.5. The van der Waals surface area contributed by atoms with Crippen molar-refractivity contribution >= 4 is 16.8 Å². The van der Waals surface area contributed by atoms with Crippen molar-refractivity contribution in [1.82, 2.24) is 4.98 Å². The number of hydrogen-bond acceptors (Lipinski definition) is 4. The first-order valence-corrected chi connectivity index (χ1v) is 4.36. The van der Waals surface area contributed by atoms with Crippen molar-refractivity contribution in [2.24, 2.45) is 0 Å². The molecular weight excluding hydrogens is 242 g/mol. The maximum absolute atomic E-state index is 12.6. The normalized spacial score (nSPS) is 10.0. The second kappa shape index (κ2) is 4.86. The van der Waals surface area contributed by atoms with Crippen LogP contribution in [0, 0.1) is 11.3 Å². The molecule has 0 aliphatic heterocycles. The minimum Gasteiger partial charge on any atom is -0.481 e. The van der Waals surface area contributed by atoms with Gasteiger partial charge in [-0.1, -0.05) is 0 Å². The molecule has 0 spiro atoms. The molecule has 0 fully saturated rings. The smallest absolute Gasteiger partial charge is 0.271 e. The molecule has 1 aromatic heterocycles. The molecular formula is C9H5ClF2N2O2. The molecule has 1 aromatic rings. The Morgan fingerprint density at radius 2 is 2.31 bits per heavy atom. The number of halogens is 3. The summed E-state index contributed by atoms with van der Waals surface area (Å²) in [5, 5.41) is 7.51. The van der Waals surface area contributed by atoms with Crippen molar-refractivity contribution in [3.05, 3.63) is 22.9 Å². The van der Waals surface area contributed by atoms with E-state index >= 15 is 0 Å². The van der Waals surface area contributed by atoms with E-state index in [1.165, 1.54) is 13.2 Å². The number of aromatic nitrogens is 1. The third-order valence-electron chi connectivity index (χ3n) is 1.77. The van der Waals surface area contributed by atoms with Crippen molar-refractivity contribution in [2.45, 2.75) is 6.43 Å². The number of carbonyl (C=O) groups excluding carboxylic acids is 1. The van der Waals surface area contributed by atoms with Crippen LogP contribution in [0.3, 0.4) is 0 Å². The lowest BCUT2D eigenvalue weighted by Gasteiger charge is -2.08.